The molecule has 184 valence electrons. The predicted octanol–water partition coefficient (Wildman–Crippen LogP) is 3.20. The smallest absolute Gasteiger partial charge is 0.248 e. The zero-order valence-electron chi connectivity index (χ0n) is 19.9. The monoisotopic (exact) mass is 474 g/mol. The number of likely N-dealkylation sites (N-methyl/N-ethyl adjacent to an activating group) is 1. The Morgan fingerprint density at radius 1 is 1.21 bits per heavy atom. The highest BCUT2D eigenvalue weighted by Gasteiger charge is 2.39. The molecule has 3 aliphatic rings. The summed E-state index contributed by atoms with van der Waals surface area (Å²) in [4.78, 5) is 25.4. The third-order valence-electron chi connectivity index (χ3n) is 7.49. The summed E-state index contributed by atoms with van der Waals surface area (Å²) in [5, 5.41) is 10.7. The molecule has 0 bridgehead atoms. The Hall–Kier alpha value is -2.82. The molecule has 2 fully saturated rings. The molecule has 11 heteroatoms. The molecule has 0 unspecified atom stereocenters. The number of carbonyl (C=O) groups excluding carboxylic acids is 1. The first-order valence-electron chi connectivity index (χ1n) is 12.0. The van der Waals surface area contributed by atoms with E-state index in [1.54, 1.807) is 0 Å². The fourth-order valence-corrected chi connectivity index (χ4v) is 5.18. The van der Waals surface area contributed by atoms with Gasteiger partial charge in [0.05, 0.1) is 17.9 Å². The number of nitrogens with one attached hydrogen (secondary N) is 2. The fourth-order valence-electron chi connectivity index (χ4n) is 5.18. The first-order chi connectivity index (χ1) is 16.2. The second-order valence-corrected chi connectivity index (χ2v) is 9.81. The Kier molecular flexibility index (Phi) is 5.91. The van der Waals surface area contributed by atoms with E-state index in [4.69, 9.17) is 0 Å². The normalized spacial score (nSPS) is 25.3. The zero-order valence-corrected chi connectivity index (χ0v) is 19.9. The minimum atomic E-state index is -2.48. The number of aromatic nitrogens is 4. The molecule has 0 radical (unpaired) electrons. The van der Waals surface area contributed by atoms with Crippen LogP contribution in [0.2, 0.25) is 0 Å². The molecule has 2 atom stereocenters. The number of anilines is 3. The van der Waals surface area contributed by atoms with Crippen molar-refractivity contribution in [2.45, 2.75) is 76.5 Å². The lowest BCUT2D eigenvalue weighted by Crippen LogP contribution is -2.44. The fraction of sp³-hybridized carbons (Fsp3) is 0.652. The Balaban J connectivity index is 1.19. The van der Waals surface area contributed by atoms with Crippen LogP contribution in [0.25, 0.3) is 0 Å². The van der Waals surface area contributed by atoms with Gasteiger partial charge in [-0.15, -0.1) is 0 Å². The molecule has 2 aromatic rings. The van der Waals surface area contributed by atoms with Crippen molar-refractivity contribution in [1.29, 1.82) is 0 Å². The minimum absolute atomic E-state index is 0.00172. The van der Waals surface area contributed by atoms with E-state index in [1.807, 2.05) is 42.9 Å². The second kappa shape index (κ2) is 8.75. The van der Waals surface area contributed by atoms with Gasteiger partial charge >= 0.3 is 0 Å². The van der Waals surface area contributed by atoms with E-state index in [-0.39, 0.29) is 36.9 Å². The molecule has 34 heavy (non-hydrogen) atoms. The highest BCUT2D eigenvalue weighted by molar-refractivity contribution is 6.03. The van der Waals surface area contributed by atoms with E-state index in [0.29, 0.717) is 42.5 Å². The molecule has 1 saturated heterocycles. The van der Waals surface area contributed by atoms with Crippen LogP contribution in [0.4, 0.5) is 26.2 Å². The van der Waals surface area contributed by atoms with Gasteiger partial charge < -0.3 is 15.5 Å². The predicted molar refractivity (Wildman–Crippen MR) is 125 cm³/mol. The van der Waals surface area contributed by atoms with Crippen LogP contribution in [0.15, 0.2) is 12.4 Å². The van der Waals surface area contributed by atoms with Crippen molar-refractivity contribution in [3.8, 4) is 0 Å². The van der Waals surface area contributed by atoms with E-state index < -0.39 is 5.92 Å². The van der Waals surface area contributed by atoms with Crippen LogP contribution in [0.3, 0.4) is 0 Å². The summed E-state index contributed by atoms with van der Waals surface area (Å²) >= 11 is 0. The van der Waals surface area contributed by atoms with Gasteiger partial charge in [0, 0.05) is 57.3 Å². The lowest BCUT2D eigenvalue weighted by atomic mass is 9.91. The van der Waals surface area contributed by atoms with E-state index >= 15 is 0 Å². The molecule has 2 aliphatic heterocycles. The highest BCUT2D eigenvalue weighted by atomic mass is 19.3. The maximum atomic E-state index is 13.5. The molecule has 1 aliphatic carbocycles. The minimum Gasteiger partial charge on any atom is -0.350 e. The van der Waals surface area contributed by atoms with Crippen LogP contribution in [0.5, 0.6) is 0 Å². The van der Waals surface area contributed by atoms with E-state index in [9.17, 15) is 13.6 Å². The van der Waals surface area contributed by atoms with Crippen LogP contribution in [0.1, 0.15) is 56.3 Å². The first-order valence-corrected chi connectivity index (χ1v) is 12.0. The maximum Gasteiger partial charge on any atom is 0.248 e. The number of likely N-dealkylation sites (tertiary alicyclic amines) is 1. The third-order valence-corrected chi connectivity index (χ3v) is 7.49. The van der Waals surface area contributed by atoms with Crippen LogP contribution in [-0.4, -0.2) is 68.7 Å². The summed E-state index contributed by atoms with van der Waals surface area (Å²) in [6.07, 6.45) is 6.01. The van der Waals surface area contributed by atoms with Gasteiger partial charge in [0.2, 0.25) is 17.8 Å². The van der Waals surface area contributed by atoms with Crippen LogP contribution < -0.4 is 15.5 Å². The van der Waals surface area contributed by atoms with Gasteiger partial charge in [-0.2, -0.15) is 10.1 Å². The van der Waals surface area contributed by atoms with Crippen LogP contribution in [-0.2, 0) is 11.3 Å². The number of aryl methyl sites for hydroxylation is 1. The molecule has 2 N–H and O–H groups in total. The Labute approximate surface area is 197 Å². The number of alkyl halides is 2. The first kappa shape index (κ1) is 22.9. The summed E-state index contributed by atoms with van der Waals surface area (Å²) in [5.74, 6) is -1.35. The number of fused-ring (bicyclic) bond motifs is 1. The zero-order chi connectivity index (χ0) is 24.0. The number of rotatable bonds is 5. The number of hydrogen-bond acceptors (Lipinski definition) is 7. The van der Waals surface area contributed by atoms with E-state index in [0.717, 1.165) is 25.1 Å². The van der Waals surface area contributed by atoms with Crippen molar-refractivity contribution in [3.05, 3.63) is 23.7 Å². The van der Waals surface area contributed by atoms with Crippen molar-refractivity contribution in [2.24, 2.45) is 0 Å². The quantitative estimate of drug-likeness (QED) is 0.688. The SMILES string of the molecule is Cc1nc(NCc2cnn([C@@H]3CCN(C4CCC(F)(F)CC4)C3)c2)nc2c1NC(=O)[C@H](C)N2C. The summed E-state index contributed by atoms with van der Waals surface area (Å²) in [6, 6.07) is 0.220. The number of carbonyl (C=O) groups is 1. The van der Waals surface area contributed by atoms with Crippen LogP contribution >= 0.6 is 0 Å². The molecule has 0 spiro atoms. The second-order valence-electron chi connectivity index (χ2n) is 9.81. The van der Waals surface area contributed by atoms with Crippen molar-refractivity contribution >= 4 is 23.4 Å². The molecule has 9 nitrogen and oxygen atoms in total. The number of hydrogen-bond donors (Lipinski definition) is 2. The lowest BCUT2D eigenvalue weighted by molar-refractivity contribution is -0.117. The number of halogens is 2. The van der Waals surface area contributed by atoms with E-state index in [2.05, 4.69) is 30.6 Å². The number of amides is 1. The third kappa shape index (κ3) is 4.45. The van der Waals surface area contributed by atoms with Crippen molar-refractivity contribution in [3.63, 3.8) is 0 Å². The van der Waals surface area contributed by atoms with Crippen molar-refractivity contribution in [1.82, 2.24) is 24.6 Å². The average Bonchev–Trinajstić information content (AvgIpc) is 3.47. The van der Waals surface area contributed by atoms with E-state index in [1.165, 1.54) is 0 Å². The van der Waals surface area contributed by atoms with Gasteiger partial charge in [-0.3, -0.25) is 14.4 Å². The summed E-state index contributed by atoms with van der Waals surface area (Å²) in [5.41, 5.74) is 2.38. The topological polar surface area (TPSA) is 91.2 Å². The highest BCUT2D eigenvalue weighted by Crippen LogP contribution is 2.37. The molecule has 4 heterocycles. The Morgan fingerprint density at radius 3 is 2.74 bits per heavy atom. The van der Waals surface area contributed by atoms with Gasteiger partial charge in [-0.05, 0) is 33.1 Å². The summed E-state index contributed by atoms with van der Waals surface area (Å²) < 4.78 is 29.0. The molecule has 2 aromatic heterocycles. The van der Waals surface area contributed by atoms with Crippen molar-refractivity contribution < 1.29 is 13.6 Å². The van der Waals surface area contributed by atoms with Crippen molar-refractivity contribution in [2.75, 3.05) is 35.7 Å². The maximum absolute atomic E-state index is 13.5. The summed E-state index contributed by atoms with van der Waals surface area (Å²) in [7, 11) is 1.85. The molecular weight excluding hydrogens is 442 g/mol. The Morgan fingerprint density at radius 2 is 1.97 bits per heavy atom. The standard InChI is InChI=1S/C23H32F2N8O/c1-14-19-20(31(3)15(2)21(34)29-19)30-22(28-14)26-10-16-11-27-33(12-16)18-6-9-32(13-18)17-4-7-23(24,25)8-5-17/h11-12,15,17-18H,4-10,13H2,1-3H3,(H,29,34)(H,26,28,30)/t15-,18+/m0/s1. The molecule has 1 saturated carbocycles. The average molecular weight is 475 g/mol. The van der Waals surface area contributed by atoms with Gasteiger partial charge in [0.1, 0.15) is 11.7 Å². The van der Waals surface area contributed by atoms with Crippen LogP contribution in [0, 0.1) is 6.92 Å². The summed E-state index contributed by atoms with van der Waals surface area (Å²) in [6.45, 7) is 6.00. The van der Waals surface area contributed by atoms with Gasteiger partial charge in [-0.1, -0.05) is 0 Å². The van der Waals surface area contributed by atoms with Gasteiger partial charge in [0.25, 0.3) is 0 Å². The van der Waals surface area contributed by atoms with Gasteiger partial charge in [0.15, 0.2) is 5.82 Å². The Bertz CT molecular complexity index is 1060. The van der Waals surface area contributed by atoms with Gasteiger partial charge in [-0.25, -0.2) is 13.8 Å². The molecule has 5 rings (SSSR count). The molecular formula is C23H32F2N8O. The molecule has 1 amide bonds. The lowest BCUT2D eigenvalue weighted by Gasteiger charge is -2.34. The number of nitrogens with zero attached hydrogens (tertiary/aromatic N) is 6. The molecule has 0 aromatic carbocycles. The largest absolute Gasteiger partial charge is 0.350 e.